The lowest BCUT2D eigenvalue weighted by Crippen LogP contribution is -2.45. The Balaban J connectivity index is 2.55. The number of carbonyl (C=O) groups excluding carboxylic acids is 2. The highest BCUT2D eigenvalue weighted by Gasteiger charge is 2.23. The predicted octanol–water partition coefficient (Wildman–Crippen LogP) is 2.38. The molecule has 0 aromatic heterocycles. The normalized spacial score (nSPS) is 12.6. The number of rotatable bonds is 13. The lowest BCUT2D eigenvalue weighted by molar-refractivity contribution is -0.141. The molecule has 0 radical (unpaired) electrons. The fraction of sp³-hybridized carbons (Fsp3) is 0.529. The summed E-state index contributed by atoms with van der Waals surface area (Å²) in [6, 6.07) is 3.04. The highest BCUT2D eigenvalue weighted by atomic mass is 35.5. The zero-order valence-electron chi connectivity index (χ0n) is 15.8. The molecule has 0 bridgehead atoms. The number of ether oxygens (including phenoxy) is 3. The second-order valence-corrected chi connectivity index (χ2v) is 6.67. The maximum Gasteiger partial charge on any atom is 0.307 e. The maximum atomic E-state index is 12.4. The number of esters is 1. The van der Waals surface area contributed by atoms with Gasteiger partial charge in [0.15, 0.2) is 0 Å². The highest BCUT2D eigenvalue weighted by Crippen LogP contribution is 2.25. The van der Waals surface area contributed by atoms with E-state index in [2.05, 4.69) is 20.1 Å². The molecule has 12 heteroatoms. The molecular weight excluding hydrogens is 425 g/mol. The average molecular weight is 448 g/mol. The van der Waals surface area contributed by atoms with E-state index in [4.69, 9.17) is 43.9 Å². The second-order valence-electron chi connectivity index (χ2n) is 5.79. The first-order chi connectivity index (χ1) is 13.9. The van der Waals surface area contributed by atoms with Crippen molar-refractivity contribution in [3.8, 4) is 0 Å². The molecule has 1 rings (SSSR count). The van der Waals surface area contributed by atoms with Crippen molar-refractivity contribution in [2.24, 2.45) is 10.8 Å². The van der Waals surface area contributed by atoms with Gasteiger partial charge >= 0.3 is 5.97 Å². The minimum Gasteiger partial charge on any atom is -0.469 e. The van der Waals surface area contributed by atoms with E-state index in [1.807, 2.05) is 0 Å². The zero-order chi connectivity index (χ0) is 21.6. The van der Waals surface area contributed by atoms with Crippen molar-refractivity contribution < 1.29 is 23.8 Å². The molecule has 1 unspecified atom stereocenters. The van der Waals surface area contributed by atoms with Crippen molar-refractivity contribution >= 4 is 35.1 Å². The largest absolute Gasteiger partial charge is 0.469 e. The van der Waals surface area contributed by atoms with E-state index in [1.165, 1.54) is 13.2 Å². The monoisotopic (exact) mass is 447 g/mol. The number of nitrogens with zero attached hydrogens (tertiary/aromatic N) is 3. The van der Waals surface area contributed by atoms with Gasteiger partial charge in [-0.25, -0.2) is 0 Å². The lowest BCUT2D eigenvalue weighted by Gasteiger charge is -2.21. The number of benzene rings is 1. The smallest absolute Gasteiger partial charge is 0.307 e. The van der Waals surface area contributed by atoms with Crippen molar-refractivity contribution in [3.63, 3.8) is 0 Å². The second kappa shape index (κ2) is 14.0. The third kappa shape index (κ3) is 10.3. The van der Waals surface area contributed by atoms with E-state index in [1.54, 1.807) is 12.1 Å². The van der Waals surface area contributed by atoms with E-state index in [0.29, 0.717) is 15.6 Å². The number of amides is 1. The number of methoxy groups -OCH3 is 1. The molecule has 0 saturated carbocycles. The number of carbonyl (C=O) groups is 2. The summed E-state index contributed by atoms with van der Waals surface area (Å²) in [4.78, 5) is 26.7. The molecule has 0 saturated heterocycles. The summed E-state index contributed by atoms with van der Waals surface area (Å²) >= 11 is 12.0. The van der Waals surface area contributed by atoms with Crippen molar-refractivity contribution in [2.45, 2.75) is 18.5 Å². The summed E-state index contributed by atoms with van der Waals surface area (Å²) in [5.41, 5.74) is 14.5. The van der Waals surface area contributed by atoms with Crippen LogP contribution in [0.4, 0.5) is 0 Å². The summed E-state index contributed by atoms with van der Waals surface area (Å²) in [6.45, 7) is 0.936. The van der Waals surface area contributed by atoms with Gasteiger partial charge in [-0.2, -0.15) is 0 Å². The molecule has 0 fully saturated rings. The van der Waals surface area contributed by atoms with Gasteiger partial charge in [-0.15, -0.1) is 0 Å². The van der Waals surface area contributed by atoms with Crippen LogP contribution >= 0.6 is 23.2 Å². The quantitative estimate of drug-likeness (QED) is 0.156. The van der Waals surface area contributed by atoms with Crippen LogP contribution in [0, 0.1) is 0 Å². The molecule has 10 nitrogen and oxygen atoms in total. The Hall–Kier alpha value is -2.07. The molecule has 1 aromatic rings. The number of nitrogens with one attached hydrogen (secondary N) is 1. The summed E-state index contributed by atoms with van der Waals surface area (Å²) in [7, 11) is 1.25. The fourth-order valence-electron chi connectivity index (χ4n) is 2.21. The standard InChI is InChI=1S/C17H23Cl2N5O5/c1-27-16(25)9-15(11-6-12(18)8-13(19)7-11)23-17(26)14(20)10-29-5-4-28-3-2-22-24-21/h6-8,14-15H,2-5,9-10,20H2,1H3,(H,23,26)/t14-,15?/m0/s1. The molecule has 0 aliphatic heterocycles. The summed E-state index contributed by atoms with van der Waals surface area (Å²) in [5, 5.41) is 6.74. The number of hydrogen-bond acceptors (Lipinski definition) is 7. The first kappa shape index (κ1) is 25.0. The molecule has 0 aliphatic rings. The van der Waals surface area contributed by atoms with Gasteiger partial charge < -0.3 is 25.3 Å². The molecular formula is C17H23Cl2N5O5. The van der Waals surface area contributed by atoms with Crippen molar-refractivity contribution in [3.05, 3.63) is 44.3 Å². The predicted molar refractivity (Wildman–Crippen MR) is 108 cm³/mol. The van der Waals surface area contributed by atoms with Crippen LogP contribution in [0.3, 0.4) is 0 Å². The third-order valence-electron chi connectivity index (χ3n) is 3.61. The summed E-state index contributed by atoms with van der Waals surface area (Å²) in [6.07, 6.45) is -0.120. The van der Waals surface area contributed by atoms with Gasteiger partial charge in [0.25, 0.3) is 0 Å². The van der Waals surface area contributed by atoms with Gasteiger partial charge in [0, 0.05) is 21.5 Å². The van der Waals surface area contributed by atoms with Crippen molar-refractivity contribution in [1.82, 2.24) is 5.32 Å². The van der Waals surface area contributed by atoms with E-state index < -0.39 is 24.0 Å². The molecule has 29 heavy (non-hydrogen) atoms. The fourth-order valence-corrected chi connectivity index (χ4v) is 2.76. The van der Waals surface area contributed by atoms with Crippen LogP contribution in [-0.2, 0) is 23.8 Å². The van der Waals surface area contributed by atoms with Crippen LogP contribution in [0.1, 0.15) is 18.0 Å². The van der Waals surface area contributed by atoms with Crippen LogP contribution < -0.4 is 11.1 Å². The first-order valence-electron chi connectivity index (χ1n) is 8.62. The van der Waals surface area contributed by atoms with Crippen LogP contribution in [0.15, 0.2) is 23.3 Å². The van der Waals surface area contributed by atoms with E-state index in [-0.39, 0.29) is 39.4 Å². The molecule has 0 heterocycles. The Morgan fingerprint density at radius 3 is 2.48 bits per heavy atom. The van der Waals surface area contributed by atoms with Gasteiger partial charge in [0.2, 0.25) is 5.91 Å². The number of nitrogens with two attached hydrogens (primary N) is 1. The third-order valence-corrected chi connectivity index (χ3v) is 4.04. The minimum absolute atomic E-state index is 0.0488. The first-order valence-corrected chi connectivity index (χ1v) is 9.38. The van der Waals surface area contributed by atoms with Crippen molar-refractivity contribution in [2.75, 3.05) is 40.1 Å². The van der Waals surface area contributed by atoms with Gasteiger partial charge in [-0.1, -0.05) is 28.3 Å². The van der Waals surface area contributed by atoms with Gasteiger partial charge in [-0.3, -0.25) is 9.59 Å². The summed E-state index contributed by atoms with van der Waals surface area (Å²) < 4.78 is 15.2. The molecule has 0 aliphatic carbocycles. The molecule has 2 atom stereocenters. The number of halogens is 2. The van der Waals surface area contributed by atoms with Crippen LogP contribution in [0.5, 0.6) is 0 Å². The van der Waals surface area contributed by atoms with Crippen molar-refractivity contribution in [1.29, 1.82) is 0 Å². The van der Waals surface area contributed by atoms with Gasteiger partial charge in [0.05, 0.1) is 46.0 Å². The molecule has 3 N–H and O–H groups in total. The number of hydrogen-bond donors (Lipinski definition) is 2. The zero-order valence-corrected chi connectivity index (χ0v) is 17.4. The van der Waals surface area contributed by atoms with Gasteiger partial charge in [0.1, 0.15) is 6.04 Å². The van der Waals surface area contributed by atoms with Gasteiger partial charge in [-0.05, 0) is 29.3 Å². The Morgan fingerprint density at radius 2 is 1.86 bits per heavy atom. The van der Waals surface area contributed by atoms with E-state index in [9.17, 15) is 9.59 Å². The molecule has 1 aromatic carbocycles. The Kier molecular flexibility index (Phi) is 12.1. The average Bonchev–Trinajstić information content (AvgIpc) is 2.68. The highest BCUT2D eigenvalue weighted by molar-refractivity contribution is 6.34. The Bertz CT molecular complexity index is 710. The maximum absolute atomic E-state index is 12.4. The summed E-state index contributed by atoms with van der Waals surface area (Å²) in [5.74, 6) is -1.03. The van der Waals surface area contributed by atoms with Crippen LogP contribution in [0.2, 0.25) is 10.0 Å². The topological polar surface area (TPSA) is 149 Å². The Morgan fingerprint density at radius 1 is 1.21 bits per heavy atom. The van der Waals surface area contributed by atoms with E-state index >= 15 is 0 Å². The minimum atomic E-state index is -0.965. The molecule has 0 spiro atoms. The van der Waals surface area contributed by atoms with Crippen LogP contribution in [-0.4, -0.2) is 58.0 Å². The SMILES string of the molecule is COC(=O)CC(NC(=O)[C@@H](N)COCCOCCN=[N+]=[N-])c1cc(Cl)cc(Cl)c1. The van der Waals surface area contributed by atoms with E-state index in [0.717, 1.165) is 0 Å². The lowest BCUT2D eigenvalue weighted by atomic mass is 10.0. The number of azide groups is 1. The Labute approximate surface area is 178 Å². The van der Waals surface area contributed by atoms with Crippen LogP contribution in [0.25, 0.3) is 10.4 Å². The molecule has 1 amide bonds. The molecule has 160 valence electrons.